The number of rotatable bonds is 1. The highest BCUT2D eigenvalue weighted by Crippen LogP contribution is 2.27. The van der Waals surface area contributed by atoms with E-state index >= 15 is 0 Å². The number of likely N-dealkylation sites (tertiary alicyclic amines) is 1. The van der Waals surface area contributed by atoms with Gasteiger partial charge in [-0.25, -0.2) is 0 Å². The standard InChI is InChI=1S/C9H15NO/c1-4-8(11)10-7-5-6-9(10,2)3/h4H,1,5-7H2,2-3H3. The molecule has 1 saturated heterocycles. The van der Waals surface area contributed by atoms with Gasteiger partial charge >= 0.3 is 0 Å². The Bertz CT molecular complexity index is 184. The third kappa shape index (κ3) is 1.44. The lowest BCUT2D eigenvalue weighted by atomic mass is 10.0. The topological polar surface area (TPSA) is 20.3 Å². The summed E-state index contributed by atoms with van der Waals surface area (Å²) in [4.78, 5) is 13.1. The van der Waals surface area contributed by atoms with Crippen LogP contribution in [0.2, 0.25) is 0 Å². The second kappa shape index (κ2) is 2.68. The maximum atomic E-state index is 11.2. The van der Waals surface area contributed by atoms with Crippen LogP contribution >= 0.6 is 0 Å². The molecule has 0 spiro atoms. The monoisotopic (exact) mass is 153 g/mol. The highest BCUT2D eigenvalue weighted by atomic mass is 16.2. The Morgan fingerprint density at radius 3 is 2.64 bits per heavy atom. The summed E-state index contributed by atoms with van der Waals surface area (Å²) in [5.41, 5.74) is 0.0469. The van der Waals surface area contributed by atoms with Gasteiger partial charge in [0.2, 0.25) is 5.91 Å². The summed E-state index contributed by atoms with van der Waals surface area (Å²) in [6.45, 7) is 8.56. The van der Waals surface area contributed by atoms with E-state index in [9.17, 15) is 4.79 Å². The summed E-state index contributed by atoms with van der Waals surface area (Å²) >= 11 is 0. The van der Waals surface area contributed by atoms with Gasteiger partial charge < -0.3 is 4.90 Å². The summed E-state index contributed by atoms with van der Waals surface area (Å²) in [6.07, 6.45) is 3.62. The van der Waals surface area contributed by atoms with Gasteiger partial charge in [0.25, 0.3) is 0 Å². The van der Waals surface area contributed by atoms with Gasteiger partial charge in [0, 0.05) is 12.1 Å². The zero-order valence-electron chi connectivity index (χ0n) is 7.26. The molecule has 0 saturated carbocycles. The third-order valence-electron chi connectivity index (χ3n) is 2.34. The summed E-state index contributed by atoms with van der Waals surface area (Å²) in [5.74, 6) is 0.0625. The molecule has 0 radical (unpaired) electrons. The van der Waals surface area contributed by atoms with Crippen LogP contribution in [0.5, 0.6) is 0 Å². The summed E-state index contributed by atoms with van der Waals surface area (Å²) in [5, 5.41) is 0. The van der Waals surface area contributed by atoms with Crippen LogP contribution in [-0.2, 0) is 4.79 Å². The lowest BCUT2D eigenvalue weighted by molar-refractivity contribution is -0.128. The molecule has 62 valence electrons. The minimum Gasteiger partial charge on any atom is -0.334 e. The predicted molar refractivity (Wildman–Crippen MR) is 45.2 cm³/mol. The van der Waals surface area contributed by atoms with Gasteiger partial charge in [-0.3, -0.25) is 4.79 Å². The van der Waals surface area contributed by atoms with Crippen molar-refractivity contribution in [1.29, 1.82) is 0 Å². The van der Waals surface area contributed by atoms with Crippen molar-refractivity contribution in [2.24, 2.45) is 0 Å². The maximum Gasteiger partial charge on any atom is 0.246 e. The molecule has 0 unspecified atom stereocenters. The second-order valence-electron chi connectivity index (χ2n) is 3.61. The van der Waals surface area contributed by atoms with E-state index in [4.69, 9.17) is 0 Å². The molecule has 0 aromatic carbocycles. The molecular formula is C9H15NO. The first-order valence-electron chi connectivity index (χ1n) is 4.02. The normalized spacial score (nSPS) is 21.8. The Kier molecular flexibility index (Phi) is 2.03. The number of amides is 1. The minimum absolute atomic E-state index is 0.0469. The van der Waals surface area contributed by atoms with Gasteiger partial charge in [-0.05, 0) is 32.8 Å². The number of carbonyl (C=O) groups is 1. The van der Waals surface area contributed by atoms with Crippen LogP contribution in [0.25, 0.3) is 0 Å². The Hall–Kier alpha value is -0.790. The Labute approximate surface area is 67.9 Å². The van der Waals surface area contributed by atoms with Crippen LogP contribution in [0, 0.1) is 0 Å². The van der Waals surface area contributed by atoms with Crippen molar-refractivity contribution in [1.82, 2.24) is 4.90 Å². The molecule has 0 aromatic heterocycles. The zero-order valence-corrected chi connectivity index (χ0v) is 7.26. The number of nitrogens with zero attached hydrogens (tertiary/aromatic N) is 1. The van der Waals surface area contributed by atoms with E-state index in [-0.39, 0.29) is 11.4 Å². The first-order chi connectivity index (χ1) is 5.08. The zero-order chi connectivity index (χ0) is 8.48. The summed E-state index contributed by atoms with van der Waals surface area (Å²) in [6, 6.07) is 0. The molecule has 2 nitrogen and oxygen atoms in total. The molecule has 1 amide bonds. The van der Waals surface area contributed by atoms with E-state index in [1.807, 2.05) is 4.90 Å². The first kappa shape index (κ1) is 8.31. The highest BCUT2D eigenvalue weighted by molar-refractivity contribution is 5.87. The molecule has 1 aliphatic heterocycles. The maximum absolute atomic E-state index is 11.2. The van der Waals surface area contributed by atoms with Crippen LogP contribution < -0.4 is 0 Å². The summed E-state index contributed by atoms with van der Waals surface area (Å²) in [7, 11) is 0. The van der Waals surface area contributed by atoms with Crippen molar-refractivity contribution in [3.05, 3.63) is 12.7 Å². The van der Waals surface area contributed by atoms with Crippen LogP contribution in [-0.4, -0.2) is 22.9 Å². The number of hydrogen-bond donors (Lipinski definition) is 0. The quantitative estimate of drug-likeness (QED) is 0.524. The highest BCUT2D eigenvalue weighted by Gasteiger charge is 2.33. The Morgan fingerprint density at radius 2 is 2.27 bits per heavy atom. The molecule has 1 fully saturated rings. The van der Waals surface area contributed by atoms with Gasteiger partial charge in [0.05, 0.1) is 0 Å². The molecular weight excluding hydrogens is 138 g/mol. The van der Waals surface area contributed by atoms with E-state index in [0.717, 1.165) is 19.4 Å². The molecule has 0 atom stereocenters. The minimum atomic E-state index is 0.0469. The molecule has 11 heavy (non-hydrogen) atoms. The van der Waals surface area contributed by atoms with E-state index in [0.29, 0.717) is 0 Å². The fourth-order valence-corrected chi connectivity index (χ4v) is 1.63. The van der Waals surface area contributed by atoms with E-state index in [1.165, 1.54) is 6.08 Å². The van der Waals surface area contributed by atoms with Gasteiger partial charge in [-0.1, -0.05) is 6.58 Å². The fourth-order valence-electron chi connectivity index (χ4n) is 1.63. The van der Waals surface area contributed by atoms with E-state index in [1.54, 1.807) is 0 Å². The van der Waals surface area contributed by atoms with Crippen molar-refractivity contribution in [2.45, 2.75) is 32.2 Å². The van der Waals surface area contributed by atoms with Gasteiger partial charge in [-0.15, -0.1) is 0 Å². The summed E-state index contributed by atoms with van der Waals surface area (Å²) < 4.78 is 0. The van der Waals surface area contributed by atoms with E-state index in [2.05, 4.69) is 20.4 Å². The van der Waals surface area contributed by atoms with Crippen LogP contribution in [0.3, 0.4) is 0 Å². The third-order valence-corrected chi connectivity index (χ3v) is 2.34. The van der Waals surface area contributed by atoms with Gasteiger partial charge in [0.15, 0.2) is 0 Å². The van der Waals surface area contributed by atoms with Crippen LogP contribution in [0.15, 0.2) is 12.7 Å². The van der Waals surface area contributed by atoms with Crippen molar-refractivity contribution >= 4 is 5.91 Å². The molecule has 1 rings (SSSR count). The van der Waals surface area contributed by atoms with Crippen molar-refractivity contribution < 1.29 is 4.79 Å². The predicted octanol–water partition coefficient (Wildman–Crippen LogP) is 1.57. The fraction of sp³-hybridized carbons (Fsp3) is 0.667. The average Bonchev–Trinajstić information content (AvgIpc) is 2.28. The molecule has 1 aliphatic rings. The van der Waals surface area contributed by atoms with Crippen molar-refractivity contribution in [3.8, 4) is 0 Å². The molecule has 0 N–H and O–H groups in total. The lowest BCUT2D eigenvalue weighted by Gasteiger charge is -2.30. The van der Waals surface area contributed by atoms with Gasteiger partial charge in [-0.2, -0.15) is 0 Å². The van der Waals surface area contributed by atoms with Crippen molar-refractivity contribution in [2.75, 3.05) is 6.54 Å². The largest absolute Gasteiger partial charge is 0.334 e. The molecule has 2 heteroatoms. The SMILES string of the molecule is C=CC(=O)N1CCCC1(C)C. The Balaban J connectivity index is 2.72. The molecule has 1 heterocycles. The first-order valence-corrected chi connectivity index (χ1v) is 4.02. The number of carbonyl (C=O) groups excluding carboxylic acids is 1. The number of hydrogen-bond acceptors (Lipinski definition) is 1. The van der Waals surface area contributed by atoms with Crippen LogP contribution in [0.4, 0.5) is 0 Å². The van der Waals surface area contributed by atoms with E-state index < -0.39 is 0 Å². The molecule has 0 aromatic rings. The van der Waals surface area contributed by atoms with Crippen molar-refractivity contribution in [3.63, 3.8) is 0 Å². The lowest BCUT2D eigenvalue weighted by Crippen LogP contribution is -2.41. The second-order valence-corrected chi connectivity index (χ2v) is 3.61. The Morgan fingerprint density at radius 1 is 1.64 bits per heavy atom. The average molecular weight is 153 g/mol. The van der Waals surface area contributed by atoms with Gasteiger partial charge in [0.1, 0.15) is 0 Å². The van der Waals surface area contributed by atoms with Crippen LogP contribution in [0.1, 0.15) is 26.7 Å². The smallest absolute Gasteiger partial charge is 0.246 e. The molecule has 0 aliphatic carbocycles. The molecule has 0 bridgehead atoms.